The second-order valence-corrected chi connectivity index (χ2v) is 4.00. The van der Waals surface area contributed by atoms with Crippen LogP contribution in [0.5, 0.6) is 0 Å². The number of hydrogen-bond acceptors (Lipinski definition) is 3. The van der Waals surface area contributed by atoms with Crippen molar-refractivity contribution in [2.75, 3.05) is 5.01 Å². The molecule has 1 aliphatic heterocycles. The summed E-state index contributed by atoms with van der Waals surface area (Å²) in [6, 6.07) is 4.15. The fraction of sp³-hybridized carbons (Fsp3) is 0.455. The Morgan fingerprint density at radius 2 is 2.27 bits per heavy atom. The molecule has 0 spiro atoms. The molecule has 0 radical (unpaired) electrons. The Kier molecular flexibility index (Phi) is 2.68. The molecule has 0 bridgehead atoms. The monoisotopic (exact) mass is 205 g/mol. The molecular weight excluding hydrogens is 190 g/mol. The van der Waals surface area contributed by atoms with Crippen molar-refractivity contribution in [2.45, 2.75) is 32.7 Å². The summed E-state index contributed by atoms with van der Waals surface area (Å²) in [5.74, 6) is 0.845. The van der Waals surface area contributed by atoms with Crippen LogP contribution in [0.2, 0.25) is 0 Å². The Labute approximate surface area is 89.3 Å². The number of rotatable bonds is 2. The quantitative estimate of drug-likeness (QED) is 0.791. The van der Waals surface area contributed by atoms with E-state index in [9.17, 15) is 4.79 Å². The average Bonchev–Trinajstić information content (AvgIpc) is 2.22. The van der Waals surface area contributed by atoms with Gasteiger partial charge in [-0.1, -0.05) is 6.07 Å². The number of hydrazine groups is 1. The Bertz CT molecular complexity index is 376. The zero-order valence-electron chi connectivity index (χ0n) is 9.03. The van der Waals surface area contributed by atoms with E-state index in [0.717, 1.165) is 17.8 Å². The number of anilines is 1. The summed E-state index contributed by atoms with van der Waals surface area (Å²) in [4.78, 5) is 16.0. The zero-order chi connectivity index (χ0) is 10.8. The zero-order valence-corrected chi connectivity index (χ0v) is 9.03. The fourth-order valence-electron chi connectivity index (χ4n) is 1.69. The number of fused-ring (bicyclic) bond motifs is 1. The first kappa shape index (κ1) is 10.1. The molecular formula is C11H15N3O. The highest BCUT2D eigenvalue weighted by Crippen LogP contribution is 2.23. The van der Waals surface area contributed by atoms with E-state index in [1.807, 2.05) is 26.0 Å². The van der Waals surface area contributed by atoms with Crippen molar-refractivity contribution in [1.82, 2.24) is 10.4 Å². The smallest absolute Gasteiger partial charge is 0.243 e. The summed E-state index contributed by atoms with van der Waals surface area (Å²) in [5, 5.41) is 1.57. The van der Waals surface area contributed by atoms with Gasteiger partial charge in [-0.3, -0.25) is 4.79 Å². The number of carbonyl (C=O) groups excluding carboxylic acids is 1. The van der Waals surface area contributed by atoms with E-state index in [4.69, 9.17) is 0 Å². The van der Waals surface area contributed by atoms with E-state index < -0.39 is 0 Å². The first-order valence-corrected chi connectivity index (χ1v) is 5.21. The number of hydrogen-bond donors (Lipinski definition) is 1. The molecule has 0 unspecified atom stereocenters. The Balaban J connectivity index is 2.33. The molecule has 0 saturated heterocycles. The van der Waals surface area contributed by atoms with Crippen LogP contribution in [0.4, 0.5) is 5.82 Å². The lowest BCUT2D eigenvalue weighted by Crippen LogP contribution is -2.49. The maximum Gasteiger partial charge on any atom is 0.243 e. The van der Waals surface area contributed by atoms with Crippen LogP contribution >= 0.6 is 0 Å². The van der Waals surface area contributed by atoms with Gasteiger partial charge < -0.3 is 0 Å². The van der Waals surface area contributed by atoms with E-state index in [-0.39, 0.29) is 11.9 Å². The van der Waals surface area contributed by atoms with Crippen LogP contribution in [0.3, 0.4) is 0 Å². The molecule has 0 fully saturated rings. The minimum atomic E-state index is 0.0925. The molecule has 4 nitrogen and oxygen atoms in total. The van der Waals surface area contributed by atoms with Crippen molar-refractivity contribution in [1.29, 1.82) is 0 Å². The van der Waals surface area contributed by atoms with Gasteiger partial charge >= 0.3 is 0 Å². The Morgan fingerprint density at radius 1 is 1.47 bits per heavy atom. The van der Waals surface area contributed by atoms with Gasteiger partial charge in [-0.25, -0.2) is 15.4 Å². The standard InChI is InChI=1S/C11H15N3O/c1-8(2)13-14-10(15)6-5-9-4-3-7-12-11(9)14/h3-4,7-8,13H,5-6H2,1-2H3. The predicted molar refractivity (Wildman–Crippen MR) is 58.3 cm³/mol. The number of carbonyl (C=O) groups is 1. The third-order valence-electron chi connectivity index (χ3n) is 2.32. The number of aryl methyl sites for hydroxylation is 1. The fourth-order valence-corrected chi connectivity index (χ4v) is 1.69. The van der Waals surface area contributed by atoms with Crippen molar-refractivity contribution >= 4 is 11.7 Å². The van der Waals surface area contributed by atoms with Crippen LogP contribution in [0.15, 0.2) is 18.3 Å². The summed E-state index contributed by atoms with van der Waals surface area (Å²) < 4.78 is 0. The molecule has 1 aromatic rings. The van der Waals surface area contributed by atoms with Gasteiger partial charge in [0, 0.05) is 18.7 Å². The lowest BCUT2D eigenvalue weighted by Gasteiger charge is -2.29. The lowest BCUT2D eigenvalue weighted by molar-refractivity contribution is -0.119. The molecule has 1 N–H and O–H groups in total. The lowest BCUT2D eigenvalue weighted by atomic mass is 10.1. The summed E-state index contributed by atoms with van der Waals surface area (Å²) in [5.41, 5.74) is 4.24. The second-order valence-electron chi connectivity index (χ2n) is 4.00. The van der Waals surface area contributed by atoms with Gasteiger partial charge in [0.2, 0.25) is 5.91 Å². The molecule has 2 heterocycles. The minimum Gasteiger partial charge on any atom is -0.273 e. The van der Waals surface area contributed by atoms with Gasteiger partial charge in [-0.15, -0.1) is 0 Å². The number of nitrogens with one attached hydrogen (secondary N) is 1. The van der Waals surface area contributed by atoms with E-state index in [1.165, 1.54) is 0 Å². The SMILES string of the molecule is CC(C)NN1C(=O)CCc2cccnc21. The Hall–Kier alpha value is -1.42. The first-order valence-electron chi connectivity index (χ1n) is 5.21. The van der Waals surface area contributed by atoms with Crippen LogP contribution in [-0.2, 0) is 11.2 Å². The highest BCUT2D eigenvalue weighted by Gasteiger charge is 2.25. The topological polar surface area (TPSA) is 45.2 Å². The molecule has 1 aromatic heterocycles. The number of pyridine rings is 1. The van der Waals surface area contributed by atoms with E-state index >= 15 is 0 Å². The van der Waals surface area contributed by atoms with Crippen molar-refractivity contribution in [2.24, 2.45) is 0 Å². The van der Waals surface area contributed by atoms with E-state index in [0.29, 0.717) is 6.42 Å². The summed E-state index contributed by atoms with van der Waals surface area (Å²) in [6.45, 7) is 4.01. The third kappa shape index (κ3) is 1.99. The number of aromatic nitrogens is 1. The molecule has 4 heteroatoms. The molecule has 0 aliphatic carbocycles. The first-order chi connectivity index (χ1) is 7.18. The largest absolute Gasteiger partial charge is 0.273 e. The van der Waals surface area contributed by atoms with Gasteiger partial charge in [0.15, 0.2) is 5.82 Å². The van der Waals surface area contributed by atoms with Gasteiger partial charge in [0.05, 0.1) is 0 Å². The molecule has 1 aliphatic rings. The molecule has 15 heavy (non-hydrogen) atoms. The molecule has 2 rings (SSSR count). The van der Waals surface area contributed by atoms with E-state index in [1.54, 1.807) is 11.2 Å². The van der Waals surface area contributed by atoms with Crippen LogP contribution in [0.1, 0.15) is 25.8 Å². The van der Waals surface area contributed by atoms with Crippen LogP contribution in [0, 0.1) is 0 Å². The maximum atomic E-state index is 11.7. The molecule has 0 atom stereocenters. The highest BCUT2D eigenvalue weighted by molar-refractivity contribution is 5.94. The summed E-state index contributed by atoms with van der Waals surface area (Å²) >= 11 is 0. The Morgan fingerprint density at radius 3 is 3.00 bits per heavy atom. The maximum absolute atomic E-state index is 11.7. The minimum absolute atomic E-state index is 0.0925. The van der Waals surface area contributed by atoms with Crippen LogP contribution in [0.25, 0.3) is 0 Å². The molecule has 80 valence electrons. The van der Waals surface area contributed by atoms with Crippen LogP contribution in [-0.4, -0.2) is 16.9 Å². The van der Waals surface area contributed by atoms with Crippen molar-refractivity contribution in [3.05, 3.63) is 23.9 Å². The molecule has 0 saturated carbocycles. The molecule has 0 aromatic carbocycles. The van der Waals surface area contributed by atoms with Crippen molar-refractivity contribution in [3.63, 3.8) is 0 Å². The second kappa shape index (κ2) is 3.98. The van der Waals surface area contributed by atoms with E-state index in [2.05, 4.69) is 10.4 Å². The normalized spacial score (nSPS) is 15.7. The highest BCUT2D eigenvalue weighted by atomic mass is 16.2. The van der Waals surface area contributed by atoms with Crippen molar-refractivity contribution in [3.8, 4) is 0 Å². The van der Waals surface area contributed by atoms with Gasteiger partial charge in [-0.2, -0.15) is 0 Å². The van der Waals surface area contributed by atoms with Crippen LogP contribution < -0.4 is 10.4 Å². The van der Waals surface area contributed by atoms with Gasteiger partial charge in [0.25, 0.3) is 0 Å². The van der Waals surface area contributed by atoms with Gasteiger partial charge in [-0.05, 0) is 31.9 Å². The molecule has 1 amide bonds. The summed E-state index contributed by atoms with van der Waals surface area (Å²) in [6.07, 6.45) is 3.06. The number of nitrogens with zero attached hydrogens (tertiary/aromatic N) is 2. The predicted octanol–water partition coefficient (Wildman–Crippen LogP) is 1.27. The summed E-state index contributed by atoms with van der Waals surface area (Å²) in [7, 11) is 0. The van der Waals surface area contributed by atoms with Gasteiger partial charge in [0.1, 0.15) is 0 Å². The third-order valence-corrected chi connectivity index (χ3v) is 2.32. The van der Waals surface area contributed by atoms with Crippen molar-refractivity contribution < 1.29 is 4.79 Å². The number of amides is 1. The average molecular weight is 205 g/mol.